The van der Waals surface area contributed by atoms with Crippen molar-refractivity contribution in [3.05, 3.63) is 11.6 Å². The van der Waals surface area contributed by atoms with Gasteiger partial charge in [0.1, 0.15) is 5.78 Å². The van der Waals surface area contributed by atoms with Crippen LogP contribution in [-0.2, 0) is 4.79 Å². The molecule has 1 aliphatic carbocycles. The summed E-state index contributed by atoms with van der Waals surface area (Å²) >= 11 is 0. The first kappa shape index (κ1) is 11.5. The van der Waals surface area contributed by atoms with Gasteiger partial charge in [-0.05, 0) is 44.4 Å². The summed E-state index contributed by atoms with van der Waals surface area (Å²) in [6.45, 7) is 8.48. The second kappa shape index (κ2) is 4.29. The van der Waals surface area contributed by atoms with Gasteiger partial charge in [0, 0.05) is 6.42 Å². The van der Waals surface area contributed by atoms with Crippen molar-refractivity contribution >= 4 is 5.78 Å². The van der Waals surface area contributed by atoms with E-state index in [1.807, 2.05) is 0 Å². The number of Topliss-reactive ketones (excluding diaryl/α,β-unsaturated/α-hetero) is 1. The summed E-state index contributed by atoms with van der Waals surface area (Å²) in [4.78, 5) is 10.9. The Morgan fingerprint density at radius 2 is 2.21 bits per heavy atom. The van der Waals surface area contributed by atoms with Gasteiger partial charge >= 0.3 is 0 Å². The van der Waals surface area contributed by atoms with Crippen LogP contribution >= 0.6 is 0 Å². The number of hydrogen-bond acceptors (Lipinski definition) is 1. The lowest BCUT2D eigenvalue weighted by molar-refractivity contribution is -0.117. The van der Waals surface area contributed by atoms with Crippen molar-refractivity contribution in [3.8, 4) is 0 Å². The van der Waals surface area contributed by atoms with E-state index >= 15 is 0 Å². The molecule has 1 aliphatic rings. The van der Waals surface area contributed by atoms with E-state index in [1.165, 1.54) is 18.4 Å². The molecule has 1 rings (SSSR count). The van der Waals surface area contributed by atoms with Gasteiger partial charge in [-0.2, -0.15) is 0 Å². The zero-order chi connectivity index (χ0) is 10.8. The molecule has 0 saturated heterocycles. The van der Waals surface area contributed by atoms with E-state index in [0.29, 0.717) is 17.1 Å². The van der Waals surface area contributed by atoms with Crippen LogP contribution in [0, 0.1) is 11.3 Å². The molecular weight excluding hydrogens is 172 g/mol. The van der Waals surface area contributed by atoms with Crippen LogP contribution in [0.4, 0.5) is 0 Å². The van der Waals surface area contributed by atoms with Gasteiger partial charge < -0.3 is 4.79 Å². The Morgan fingerprint density at radius 1 is 1.57 bits per heavy atom. The molecule has 0 fully saturated rings. The van der Waals surface area contributed by atoms with Gasteiger partial charge in [0.25, 0.3) is 0 Å². The third-order valence-corrected chi connectivity index (χ3v) is 3.24. The molecule has 0 bridgehead atoms. The Kier molecular flexibility index (Phi) is 3.52. The van der Waals surface area contributed by atoms with E-state index < -0.39 is 0 Å². The van der Waals surface area contributed by atoms with Crippen molar-refractivity contribution in [2.45, 2.75) is 53.4 Å². The van der Waals surface area contributed by atoms with E-state index in [9.17, 15) is 4.79 Å². The topological polar surface area (TPSA) is 17.1 Å². The standard InChI is InChI=1S/C13H22O/c1-10-9-13(3,4)8-7-12(10)6-5-11(2)14/h9,12H,5-8H2,1-4H3. The minimum absolute atomic E-state index is 0.322. The lowest BCUT2D eigenvalue weighted by Crippen LogP contribution is -2.19. The molecule has 80 valence electrons. The molecule has 0 aliphatic heterocycles. The molecule has 0 aromatic carbocycles. The van der Waals surface area contributed by atoms with Crippen molar-refractivity contribution in [3.63, 3.8) is 0 Å². The second-order valence-electron chi connectivity index (χ2n) is 5.35. The summed E-state index contributed by atoms with van der Waals surface area (Å²) in [6, 6.07) is 0. The molecule has 0 heterocycles. The van der Waals surface area contributed by atoms with E-state index in [0.717, 1.165) is 12.8 Å². The average molecular weight is 194 g/mol. The molecule has 1 nitrogen and oxygen atoms in total. The van der Waals surface area contributed by atoms with Gasteiger partial charge in [-0.25, -0.2) is 0 Å². The van der Waals surface area contributed by atoms with Crippen LogP contribution in [0.25, 0.3) is 0 Å². The molecular formula is C13H22O. The molecule has 0 saturated carbocycles. The Balaban J connectivity index is 2.54. The van der Waals surface area contributed by atoms with Crippen molar-refractivity contribution in [1.29, 1.82) is 0 Å². The highest BCUT2D eigenvalue weighted by atomic mass is 16.1. The van der Waals surface area contributed by atoms with Gasteiger partial charge in [-0.3, -0.25) is 0 Å². The maximum Gasteiger partial charge on any atom is 0.129 e. The van der Waals surface area contributed by atoms with Crippen molar-refractivity contribution in [1.82, 2.24) is 0 Å². The molecule has 0 aromatic rings. The van der Waals surface area contributed by atoms with Crippen LogP contribution in [0.5, 0.6) is 0 Å². The van der Waals surface area contributed by atoms with Gasteiger partial charge in [-0.1, -0.05) is 25.5 Å². The Labute approximate surface area is 87.6 Å². The third kappa shape index (κ3) is 3.28. The number of ketones is 1. The van der Waals surface area contributed by atoms with E-state index in [-0.39, 0.29) is 0 Å². The quantitative estimate of drug-likeness (QED) is 0.625. The summed E-state index contributed by atoms with van der Waals surface area (Å²) in [5.41, 5.74) is 1.86. The third-order valence-electron chi connectivity index (χ3n) is 3.24. The second-order valence-corrected chi connectivity index (χ2v) is 5.35. The Hall–Kier alpha value is -0.590. The number of carbonyl (C=O) groups excluding carboxylic acids is 1. The predicted molar refractivity (Wildman–Crippen MR) is 60.2 cm³/mol. The fraction of sp³-hybridized carbons (Fsp3) is 0.769. The molecule has 0 spiro atoms. The smallest absolute Gasteiger partial charge is 0.129 e. The van der Waals surface area contributed by atoms with Crippen LogP contribution in [-0.4, -0.2) is 5.78 Å². The number of allylic oxidation sites excluding steroid dienone is 2. The zero-order valence-electron chi connectivity index (χ0n) is 9.89. The maximum atomic E-state index is 10.9. The lowest BCUT2D eigenvalue weighted by atomic mass is 9.74. The summed E-state index contributed by atoms with van der Waals surface area (Å²) in [5, 5.41) is 0. The van der Waals surface area contributed by atoms with Gasteiger partial charge in [0.2, 0.25) is 0 Å². The van der Waals surface area contributed by atoms with Gasteiger partial charge in [0.05, 0.1) is 0 Å². The largest absolute Gasteiger partial charge is 0.300 e. The highest BCUT2D eigenvalue weighted by molar-refractivity contribution is 5.75. The fourth-order valence-electron chi connectivity index (χ4n) is 2.33. The summed E-state index contributed by atoms with van der Waals surface area (Å²) in [5.74, 6) is 0.981. The molecule has 0 radical (unpaired) electrons. The molecule has 0 amide bonds. The summed E-state index contributed by atoms with van der Waals surface area (Å²) in [7, 11) is 0. The van der Waals surface area contributed by atoms with Crippen LogP contribution in [0.3, 0.4) is 0 Å². The monoisotopic (exact) mass is 194 g/mol. The fourth-order valence-corrected chi connectivity index (χ4v) is 2.33. The number of carbonyl (C=O) groups is 1. The first-order valence-corrected chi connectivity index (χ1v) is 5.59. The minimum Gasteiger partial charge on any atom is -0.300 e. The van der Waals surface area contributed by atoms with Crippen LogP contribution in [0.1, 0.15) is 53.4 Å². The highest BCUT2D eigenvalue weighted by Gasteiger charge is 2.25. The summed E-state index contributed by atoms with van der Waals surface area (Å²) < 4.78 is 0. The summed E-state index contributed by atoms with van der Waals surface area (Å²) in [6.07, 6.45) is 6.70. The van der Waals surface area contributed by atoms with Gasteiger partial charge in [-0.15, -0.1) is 0 Å². The van der Waals surface area contributed by atoms with Crippen LogP contribution in [0.15, 0.2) is 11.6 Å². The lowest BCUT2D eigenvalue weighted by Gasteiger charge is -2.32. The molecule has 0 N–H and O–H groups in total. The van der Waals surface area contributed by atoms with Crippen molar-refractivity contribution in [2.24, 2.45) is 11.3 Å². The average Bonchev–Trinajstić information content (AvgIpc) is 2.00. The number of hydrogen-bond donors (Lipinski definition) is 0. The normalized spacial score (nSPS) is 25.7. The number of rotatable bonds is 3. The van der Waals surface area contributed by atoms with Crippen molar-refractivity contribution in [2.75, 3.05) is 0 Å². The molecule has 0 aromatic heterocycles. The van der Waals surface area contributed by atoms with E-state index in [1.54, 1.807) is 6.92 Å². The first-order chi connectivity index (χ1) is 6.41. The molecule has 1 unspecified atom stereocenters. The van der Waals surface area contributed by atoms with Gasteiger partial charge in [0.15, 0.2) is 0 Å². The Morgan fingerprint density at radius 3 is 2.71 bits per heavy atom. The van der Waals surface area contributed by atoms with E-state index in [2.05, 4.69) is 26.8 Å². The molecule has 1 heteroatoms. The van der Waals surface area contributed by atoms with E-state index in [4.69, 9.17) is 0 Å². The SMILES string of the molecule is CC(=O)CCC1CCC(C)(C)C=C1C. The molecule has 1 atom stereocenters. The predicted octanol–water partition coefficient (Wildman–Crippen LogP) is 3.74. The Bertz CT molecular complexity index is 248. The highest BCUT2D eigenvalue weighted by Crippen LogP contribution is 2.38. The van der Waals surface area contributed by atoms with Crippen LogP contribution in [0.2, 0.25) is 0 Å². The molecule has 14 heavy (non-hydrogen) atoms. The maximum absolute atomic E-state index is 10.9. The zero-order valence-corrected chi connectivity index (χ0v) is 9.89. The van der Waals surface area contributed by atoms with Crippen molar-refractivity contribution < 1.29 is 4.79 Å². The van der Waals surface area contributed by atoms with Crippen LogP contribution < -0.4 is 0 Å². The first-order valence-electron chi connectivity index (χ1n) is 5.59. The minimum atomic E-state index is 0.322.